The zero-order valence-electron chi connectivity index (χ0n) is 27.0. The van der Waals surface area contributed by atoms with Gasteiger partial charge in [-0.1, -0.05) is 72.8 Å². The number of aromatic hydroxyl groups is 1. The average molecular weight is 573 g/mol. The van der Waals surface area contributed by atoms with Gasteiger partial charge in [0.05, 0.1) is 0 Å². The number of rotatable bonds is 4. The van der Waals surface area contributed by atoms with Gasteiger partial charge in [-0.15, -0.1) is 0 Å². The Morgan fingerprint density at radius 1 is 0.357 bits per heavy atom. The molecule has 2 heteroatoms. The maximum atomic E-state index is 9.95. The van der Waals surface area contributed by atoms with Crippen LogP contribution in [0.4, 0.5) is 0 Å². The predicted octanol–water partition coefficient (Wildman–Crippen LogP) is 9.59. The molecule has 5 aromatic carbocycles. The highest BCUT2D eigenvalue weighted by molar-refractivity contribution is 7.80. The molecule has 0 atom stereocenters. The van der Waals surface area contributed by atoms with E-state index in [0.29, 0.717) is 5.75 Å². The largest absolute Gasteiger partial charge is 0.508 e. The summed E-state index contributed by atoms with van der Waals surface area (Å²) in [5.41, 5.74) is 16.6. The standard InChI is InChI=1S/C28H35OP.C12H10/c1-15-17(3)21(7)27(22(8)18(15)4)30(26-13-11-25(29)12-14-26)28-23(9)19(5)16(2)20(6)24(28)10;1-3-7-11(8-4-1)12-9-5-2-6-10-12/h11-14,29H,1-10H3;1-10H. The van der Waals surface area contributed by atoms with Crippen molar-refractivity contribution in [1.29, 1.82) is 0 Å². The first-order chi connectivity index (χ1) is 20.0. The quantitative estimate of drug-likeness (QED) is 0.213. The lowest BCUT2D eigenvalue weighted by molar-refractivity contribution is 0.475. The van der Waals surface area contributed by atoms with Crippen molar-refractivity contribution in [3.8, 4) is 16.9 Å². The minimum atomic E-state index is -0.742. The van der Waals surface area contributed by atoms with Gasteiger partial charge in [0.1, 0.15) is 5.75 Å². The van der Waals surface area contributed by atoms with Crippen LogP contribution in [0.1, 0.15) is 55.6 Å². The third kappa shape index (κ3) is 6.08. The number of hydrogen-bond acceptors (Lipinski definition) is 1. The Labute approximate surface area is 255 Å². The zero-order chi connectivity index (χ0) is 30.7. The Morgan fingerprint density at radius 2 is 0.643 bits per heavy atom. The summed E-state index contributed by atoms with van der Waals surface area (Å²) in [5.74, 6) is 0.322. The molecule has 0 heterocycles. The number of benzene rings is 5. The lowest BCUT2D eigenvalue weighted by Crippen LogP contribution is -2.30. The van der Waals surface area contributed by atoms with Crippen LogP contribution in [-0.2, 0) is 0 Å². The second-order valence-electron chi connectivity index (χ2n) is 11.5. The molecule has 0 radical (unpaired) electrons. The van der Waals surface area contributed by atoms with Gasteiger partial charge in [-0.05, 0) is 172 Å². The van der Waals surface area contributed by atoms with Crippen LogP contribution in [-0.4, -0.2) is 5.11 Å². The molecule has 0 aliphatic carbocycles. The highest BCUT2D eigenvalue weighted by atomic mass is 31.1. The van der Waals surface area contributed by atoms with Crippen LogP contribution in [0.5, 0.6) is 5.75 Å². The van der Waals surface area contributed by atoms with Crippen molar-refractivity contribution >= 4 is 23.8 Å². The Balaban J connectivity index is 0.000000279. The average Bonchev–Trinajstić information content (AvgIpc) is 3.02. The Bertz CT molecular complexity index is 1530. The van der Waals surface area contributed by atoms with Crippen LogP contribution in [0.25, 0.3) is 11.1 Å². The molecule has 0 amide bonds. The van der Waals surface area contributed by atoms with E-state index in [1.165, 1.54) is 82.7 Å². The molecule has 0 aliphatic rings. The molecule has 42 heavy (non-hydrogen) atoms. The Hall–Kier alpha value is -3.67. The van der Waals surface area contributed by atoms with Gasteiger partial charge in [-0.2, -0.15) is 0 Å². The fourth-order valence-corrected chi connectivity index (χ4v) is 9.06. The third-order valence-corrected chi connectivity index (χ3v) is 12.4. The molecular formula is C40H45OP. The molecule has 216 valence electrons. The summed E-state index contributed by atoms with van der Waals surface area (Å²) in [5, 5.41) is 14.2. The molecule has 0 spiro atoms. The van der Waals surface area contributed by atoms with Crippen LogP contribution < -0.4 is 15.9 Å². The second-order valence-corrected chi connectivity index (χ2v) is 13.6. The molecule has 5 rings (SSSR count). The minimum absolute atomic E-state index is 0.322. The summed E-state index contributed by atoms with van der Waals surface area (Å²) in [6, 6.07) is 28.7. The van der Waals surface area contributed by atoms with E-state index in [0.717, 1.165) is 0 Å². The van der Waals surface area contributed by atoms with Crippen LogP contribution in [0, 0.1) is 69.2 Å². The second kappa shape index (κ2) is 13.1. The normalized spacial score (nSPS) is 10.9. The van der Waals surface area contributed by atoms with E-state index in [2.05, 4.69) is 130 Å². The molecule has 0 fully saturated rings. The van der Waals surface area contributed by atoms with Crippen molar-refractivity contribution in [3.63, 3.8) is 0 Å². The van der Waals surface area contributed by atoms with Gasteiger partial charge in [0.15, 0.2) is 0 Å². The molecule has 5 aromatic rings. The van der Waals surface area contributed by atoms with Crippen molar-refractivity contribution in [2.75, 3.05) is 0 Å². The highest BCUT2D eigenvalue weighted by Gasteiger charge is 2.28. The van der Waals surface area contributed by atoms with E-state index < -0.39 is 7.92 Å². The maximum Gasteiger partial charge on any atom is 0.115 e. The van der Waals surface area contributed by atoms with Crippen molar-refractivity contribution in [2.45, 2.75) is 69.2 Å². The first kappa shape index (κ1) is 31.3. The van der Waals surface area contributed by atoms with Crippen molar-refractivity contribution in [3.05, 3.63) is 141 Å². The van der Waals surface area contributed by atoms with Gasteiger partial charge in [0.2, 0.25) is 0 Å². The molecule has 0 saturated heterocycles. The Morgan fingerprint density at radius 3 is 0.952 bits per heavy atom. The predicted molar refractivity (Wildman–Crippen MR) is 186 cm³/mol. The number of hydrogen-bond donors (Lipinski definition) is 1. The first-order valence-corrected chi connectivity index (χ1v) is 16.1. The van der Waals surface area contributed by atoms with Crippen molar-refractivity contribution < 1.29 is 5.11 Å². The van der Waals surface area contributed by atoms with E-state index in [1.807, 2.05) is 24.3 Å². The third-order valence-electron chi connectivity index (χ3n) is 9.36. The van der Waals surface area contributed by atoms with Gasteiger partial charge in [-0.25, -0.2) is 0 Å². The van der Waals surface area contributed by atoms with Crippen molar-refractivity contribution in [1.82, 2.24) is 0 Å². The summed E-state index contributed by atoms with van der Waals surface area (Å²) >= 11 is 0. The highest BCUT2D eigenvalue weighted by Crippen LogP contribution is 2.42. The SMILES string of the molecule is Cc1c(C)c(C)c(P(c2ccc(O)cc2)c2c(C)c(C)c(C)c(C)c2C)c(C)c1C.c1ccc(-c2ccccc2)cc1. The van der Waals surface area contributed by atoms with Crippen molar-refractivity contribution in [2.24, 2.45) is 0 Å². The summed E-state index contributed by atoms with van der Waals surface area (Å²) in [6.07, 6.45) is 0. The lowest BCUT2D eigenvalue weighted by Gasteiger charge is -2.31. The van der Waals surface area contributed by atoms with E-state index in [4.69, 9.17) is 0 Å². The molecule has 0 aliphatic heterocycles. The lowest BCUT2D eigenvalue weighted by atomic mass is 9.95. The summed E-state index contributed by atoms with van der Waals surface area (Å²) in [6.45, 7) is 22.7. The summed E-state index contributed by atoms with van der Waals surface area (Å²) in [4.78, 5) is 0. The monoisotopic (exact) mass is 572 g/mol. The fourth-order valence-electron chi connectivity index (χ4n) is 5.86. The van der Waals surface area contributed by atoms with E-state index in [9.17, 15) is 5.11 Å². The Kier molecular flexibility index (Phi) is 9.75. The van der Waals surface area contributed by atoms with Crippen LogP contribution in [0.15, 0.2) is 84.9 Å². The van der Waals surface area contributed by atoms with Gasteiger partial charge in [-0.3, -0.25) is 0 Å². The summed E-state index contributed by atoms with van der Waals surface area (Å²) in [7, 11) is -0.742. The maximum absolute atomic E-state index is 9.95. The van der Waals surface area contributed by atoms with Crippen LogP contribution in [0.2, 0.25) is 0 Å². The van der Waals surface area contributed by atoms with E-state index in [-0.39, 0.29) is 0 Å². The minimum Gasteiger partial charge on any atom is -0.508 e. The zero-order valence-corrected chi connectivity index (χ0v) is 27.9. The molecule has 0 saturated carbocycles. The van der Waals surface area contributed by atoms with Crippen LogP contribution >= 0.6 is 7.92 Å². The molecule has 0 bridgehead atoms. The molecule has 1 N–H and O–H groups in total. The smallest absolute Gasteiger partial charge is 0.115 e. The van der Waals surface area contributed by atoms with Gasteiger partial charge < -0.3 is 5.11 Å². The molecule has 0 aromatic heterocycles. The van der Waals surface area contributed by atoms with Gasteiger partial charge in [0.25, 0.3) is 0 Å². The van der Waals surface area contributed by atoms with E-state index >= 15 is 0 Å². The van der Waals surface area contributed by atoms with Crippen LogP contribution in [0.3, 0.4) is 0 Å². The van der Waals surface area contributed by atoms with Gasteiger partial charge >= 0.3 is 0 Å². The fraction of sp³-hybridized carbons (Fsp3) is 0.250. The van der Waals surface area contributed by atoms with Gasteiger partial charge in [0, 0.05) is 0 Å². The summed E-state index contributed by atoms with van der Waals surface area (Å²) < 4.78 is 0. The first-order valence-electron chi connectivity index (χ1n) is 14.8. The van der Waals surface area contributed by atoms with E-state index in [1.54, 1.807) is 0 Å². The topological polar surface area (TPSA) is 20.2 Å². The molecular weight excluding hydrogens is 527 g/mol. The number of phenolic OH excluding ortho intramolecular Hbond substituents is 1. The number of phenols is 1. The molecule has 1 nitrogen and oxygen atoms in total. The molecule has 0 unspecified atom stereocenters.